The number of hydrogen-bond donors (Lipinski definition) is 0. The molecule has 1 atom stereocenters. The highest BCUT2D eigenvalue weighted by Gasteiger charge is 2.07. The van der Waals surface area contributed by atoms with Gasteiger partial charge in [0, 0.05) is 0 Å². The summed E-state index contributed by atoms with van der Waals surface area (Å²) in [5.41, 5.74) is 1.11. The van der Waals surface area contributed by atoms with Crippen molar-refractivity contribution >= 4 is 11.2 Å². The van der Waals surface area contributed by atoms with Crippen LogP contribution in [0.2, 0.25) is 0 Å². The topological polar surface area (TPSA) is 23.1 Å². The highest BCUT2D eigenvalue weighted by atomic mass is 32.2. The summed E-state index contributed by atoms with van der Waals surface area (Å²) in [6.45, 7) is 1.97. The molecule has 1 aromatic carbocycles. The molecule has 0 heterocycles. The molecule has 0 spiro atoms. The Bertz CT molecular complexity index is 301. The van der Waals surface area contributed by atoms with Crippen molar-refractivity contribution in [3.05, 3.63) is 29.8 Å². The molecule has 0 aromatic heterocycles. The molecule has 0 saturated heterocycles. The first-order valence-electron chi connectivity index (χ1n) is 3.62. The lowest BCUT2D eigenvalue weighted by Gasteiger charge is -2.06. The fraction of sp³-hybridized carbons (Fsp3) is 0.200. The monoisotopic (exact) mass is 178 g/mol. The van der Waals surface area contributed by atoms with Crippen LogP contribution < -0.4 is 0 Å². The molecule has 0 amide bonds. The van der Waals surface area contributed by atoms with Crippen molar-refractivity contribution in [3.63, 3.8) is 0 Å². The minimum Gasteiger partial charge on any atom is -0.611 e. The highest BCUT2D eigenvalue weighted by Crippen LogP contribution is 2.11. The van der Waals surface area contributed by atoms with Gasteiger partial charge in [0.2, 0.25) is 0 Å². The maximum atomic E-state index is 11.4. The Morgan fingerprint density at radius 1 is 1.58 bits per heavy atom. The van der Waals surface area contributed by atoms with E-state index in [4.69, 9.17) is 6.42 Å². The van der Waals surface area contributed by atoms with Gasteiger partial charge in [-0.2, -0.15) is 0 Å². The first-order chi connectivity index (χ1) is 5.74. The molecule has 62 valence electrons. The minimum absolute atomic E-state index is 0.295. The van der Waals surface area contributed by atoms with Gasteiger partial charge in [-0.15, -0.1) is 6.42 Å². The van der Waals surface area contributed by atoms with Crippen LogP contribution in [0.3, 0.4) is 0 Å². The maximum absolute atomic E-state index is 11.4. The van der Waals surface area contributed by atoms with Crippen LogP contribution in [0, 0.1) is 19.3 Å². The third-order valence-corrected chi connectivity index (χ3v) is 2.68. The molecule has 0 saturated carbocycles. The predicted octanol–water partition coefficient (Wildman–Crippen LogP) is 1.74. The molecule has 0 bridgehead atoms. The Morgan fingerprint density at radius 2 is 2.33 bits per heavy atom. The van der Waals surface area contributed by atoms with E-state index in [0.29, 0.717) is 5.75 Å². The molecule has 1 nitrogen and oxygen atoms in total. The van der Waals surface area contributed by atoms with E-state index >= 15 is 0 Å². The third-order valence-electron chi connectivity index (χ3n) is 1.47. The first-order valence-corrected chi connectivity index (χ1v) is 4.94. The van der Waals surface area contributed by atoms with Crippen LogP contribution in [0.1, 0.15) is 5.56 Å². The Balaban J connectivity index is 2.82. The molecule has 12 heavy (non-hydrogen) atoms. The molecule has 1 unspecified atom stereocenters. The molecular weight excluding hydrogens is 168 g/mol. The van der Waals surface area contributed by atoms with Crippen LogP contribution in [-0.4, -0.2) is 10.3 Å². The fourth-order valence-electron chi connectivity index (χ4n) is 0.916. The van der Waals surface area contributed by atoms with Crippen LogP contribution in [0.25, 0.3) is 0 Å². The largest absolute Gasteiger partial charge is 0.611 e. The summed E-state index contributed by atoms with van der Waals surface area (Å²) in [6, 6.07) is 7.59. The summed E-state index contributed by atoms with van der Waals surface area (Å²) in [7, 11) is 0. The number of rotatable bonds is 2. The zero-order valence-electron chi connectivity index (χ0n) is 6.91. The van der Waals surface area contributed by atoms with Crippen molar-refractivity contribution in [2.24, 2.45) is 0 Å². The second-order valence-electron chi connectivity index (χ2n) is 2.51. The molecule has 0 N–H and O–H groups in total. The number of hydrogen-bond acceptors (Lipinski definition) is 1. The molecule has 1 rings (SSSR count). The average Bonchev–Trinajstić information content (AvgIpc) is 2.05. The predicted molar refractivity (Wildman–Crippen MR) is 51.3 cm³/mol. The van der Waals surface area contributed by atoms with Gasteiger partial charge in [-0.25, -0.2) is 0 Å². The summed E-state index contributed by atoms with van der Waals surface area (Å²) in [6.07, 6.45) is 5.06. The van der Waals surface area contributed by atoms with Gasteiger partial charge < -0.3 is 4.55 Å². The third kappa shape index (κ3) is 2.30. The van der Waals surface area contributed by atoms with Gasteiger partial charge in [0.15, 0.2) is 10.6 Å². The molecule has 2 heteroatoms. The van der Waals surface area contributed by atoms with Gasteiger partial charge in [0.25, 0.3) is 0 Å². The van der Waals surface area contributed by atoms with Crippen molar-refractivity contribution < 1.29 is 4.55 Å². The van der Waals surface area contributed by atoms with Crippen LogP contribution in [0.5, 0.6) is 0 Å². The van der Waals surface area contributed by atoms with E-state index < -0.39 is 11.2 Å². The second kappa shape index (κ2) is 4.20. The van der Waals surface area contributed by atoms with Crippen molar-refractivity contribution in [2.45, 2.75) is 11.8 Å². The summed E-state index contributed by atoms with van der Waals surface area (Å²) in [4.78, 5) is 0.813. The first kappa shape index (κ1) is 9.18. The van der Waals surface area contributed by atoms with Crippen LogP contribution in [0.15, 0.2) is 29.2 Å². The van der Waals surface area contributed by atoms with E-state index in [9.17, 15) is 4.55 Å². The normalized spacial score (nSPS) is 12.1. The molecule has 0 aliphatic rings. The Labute approximate surface area is 76.0 Å². The number of aryl methyl sites for hydroxylation is 1. The Morgan fingerprint density at radius 3 is 2.92 bits per heavy atom. The highest BCUT2D eigenvalue weighted by molar-refractivity contribution is 7.91. The quantitative estimate of drug-likeness (QED) is 0.499. The zero-order valence-corrected chi connectivity index (χ0v) is 7.73. The number of benzene rings is 1. The minimum atomic E-state index is -1.03. The van der Waals surface area contributed by atoms with E-state index in [-0.39, 0.29) is 0 Å². The van der Waals surface area contributed by atoms with Crippen molar-refractivity contribution in [3.8, 4) is 12.3 Å². The lowest BCUT2D eigenvalue weighted by Crippen LogP contribution is -2.04. The lowest BCUT2D eigenvalue weighted by molar-refractivity contribution is 0.598. The van der Waals surface area contributed by atoms with Crippen molar-refractivity contribution in [1.29, 1.82) is 0 Å². The van der Waals surface area contributed by atoms with Gasteiger partial charge in [0.1, 0.15) is 0 Å². The second-order valence-corrected chi connectivity index (χ2v) is 3.96. The number of terminal acetylenes is 1. The van der Waals surface area contributed by atoms with E-state index in [1.807, 2.05) is 31.2 Å². The SMILES string of the molecule is C#CC[S+]([O-])c1cccc(C)c1. The maximum Gasteiger partial charge on any atom is 0.170 e. The van der Waals surface area contributed by atoms with E-state index in [2.05, 4.69) is 5.92 Å². The Kier molecular flexibility index (Phi) is 3.21. The summed E-state index contributed by atoms with van der Waals surface area (Å²) >= 11 is -1.03. The van der Waals surface area contributed by atoms with Crippen molar-refractivity contribution in [2.75, 3.05) is 5.75 Å². The van der Waals surface area contributed by atoms with Crippen LogP contribution >= 0.6 is 0 Å². The van der Waals surface area contributed by atoms with Gasteiger partial charge in [0.05, 0.1) is 0 Å². The summed E-state index contributed by atoms with van der Waals surface area (Å²) < 4.78 is 11.4. The van der Waals surface area contributed by atoms with Crippen LogP contribution in [-0.2, 0) is 11.2 Å². The van der Waals surface area contributed by atoms with Crippen LogP contribution in [0.4, 0.5) is 0 Å². The van der Waals surface area contributed by atoms with Gasteiger partial charge in [-0.1, -0.05) is 18.1 Å². The molecule has 0 aliphatic heterocycles. The summed E-state index contributed by atoms with van der Waals surface area (Å²) in [5, 5.41) is 0. The van der Waals surface area contributed by atoms with Crippen molar-refractivity contribution in [1.82, 2.24) is 0 Å². The molecule has 1 aromatic rings. The average molecular weight is 178 g/mol. The molecule has 0 aliphatic carbocycles. The van der Waals surface area contributed by atoms with E-state index in [1.54, 1.807) is 0 Å². The lowest BCUT2D eigenvalue weighted by atomic mass is 10.2. The zero-order chi connectivity index (χ0) is 8.97. The van der Waals surface area contributed by atoms with Gasteiger partial charge in [-0.3, -0.25) is 0 Å². The smallest absolute Gasteiger partial charge is 0.170 e. The Hall–Kier alpha value is -0.910. The summed E-state index contributed by atoms with van der Waals surface area (Å²) in [5.74, 6) is 2.68. The standard InChI is InChI=1S/C10H10OS/c1-3-7-12(11)10-6-4-5-9(2)8-10/h1,4-6,8H,7H2,2H3. The molecule has 0 radical (unpaired) electrons. The van der Waals surface area contributed by atoms with Gasteiger partial charge >= 0.3 is 0 Å². The molecule has 0 fully saturated rings. The molecular formula is C10H10OS. The fourth-order valence-corrected chi connectivity index (χ4v) is 1.78. The van der Waals surface area contributed by atoms with E-state index in [0.717, 1.165) is 10.5 Å². The van der Waals surface area contributed by atoms with Gasteiger partial charge in [-0.05, 0) is 35.8 Å². The van der Waals surface area contributed by atoms with E-state index in [1.165, 1.54) is 0 Å².